The lowest BCUT2D eigenvalue weighted by atomic mass is 10.0. The van der Waals surface area contributed by atoms with E-state index in [1.54, 1.807) is 0 Å². The molecule has 0 bridgehead atoms. The van der Waals surface area contributed by atoms with Crippen molar-refractivity contribution < 1.29 is 4.79 Å². The number of unbranched alkanes of at least 4 members (excludes halogenated alkanes) is 2. The molecule has 102 valence electrons. The Labute approximate surface area is 116 Å². The van der Waals surface area contributed by atoms with E-state index in [1.807, 2.05) is 24.3 Å². The molecule has 0 fully saturated rings. The number of amides is 1. The number of anilines is 1. The number of halogens is 1. The van der Waals surface area contributed by atoms with Gasteiger partial charge in [0.2, 0.25) is 5.91 Å². The van der Waals surface area contributed by atoms with Crippen LogP contribution >= 0.6 is 12.4 Å². The van der Waals surface area contributed by atoms with E-state index in [2.05, 4.69) is 12.2 Å². The molecule has 1 aromatic carbocycles. The van der Waals surface area contributed by atoms with E-state index >= 15 is 0 Å². The highest BCUT2D eigenvalue weighted by atomic mass is 35.5. The highest BCUT2D eigenvalue weighted by Gasteiger charge is 2.05. The van der Waals surface area contributed by atoms with Gasteiger partial charge in [0, 0.05) is 18.7 Å². The van der Waals surface area contributed by atoms with Gasteiger partial charge in [-0.1, -0.05) is 38.3 Å². The van der Waals surface area contributed by atoms with Crippen molar-refractivity contribution in [2.75, 3.05) is 5.32 Å². The molecule has 1 aromatic rings. The average molecular weight is 271 g/mol. The van der Waals surface area contributed by atoms with Crippen LogP contribution in [0.2, 0.25) is 0 Å². The molecule has 0 aliphatic carbocycles. The first-order chi connectivity index (χ1) is 8.13. The molecule has 0 aromatic heterocycles. The molecule has 3 nitrogen and oxygen atoms in total. The van der Waals surface area contributed by atoms with Crippen molar-refractivity contribution in [3.8, 4) is 0 Å². The lowest BCUT2D eigenvalue weighted by Crippen LogP contribution is -2.10. The van der Waals surface area contributed by atoms with Gasteiger partial charge in [0.1, 0.15) is 0 Å². The zero-order valence-electron chi connectivity index (χ0n) is 11.1. The monoisotopic (exact) mass is 270 g/mol. The number of hydrogen-bond acceptors (Lipinski definition) is 2. The molecule has 1 amide bonds. The molecule has 3 N–H and O–H groups in total. The van der Waals surface area contributed by atoms with E-state index in [0.717, 1.165) is 17.7 Å². The van der Waals surface area contributed by atoms with Gasteiger partial charge in [0.05, 0.1) is 0 Å². The van der Waals surface area contributed by atoms with Crippen LogP contribution in [0, 0.1) is 0 Å². The molecule has 0 aliphatic heterocycles. The van der Waals surface area contributed by atoms with Gasteiger partial charge in [-0.05, 0) is 24.1 Å². The minimum absolute atomic E-state index is 0. The minimum Gasteiger partial charge on any atom is -0.326 e. The second-order valence-corrected chi connectivity index (χ2v) is 4.41. The Morgan fingerprint density at radius 2 is 1.89 bits per heavy atom. The summed E-state index contributed by atoms with van der Waals surface area (Å²) in [5, 5.41) is 2.74. The summed E-state index contributed by atoms with van der Waals surface area (Å²) in [7, 11) is 0. The Bertz CT molecular complexity index is 351. The van der Waals surface area contributed by atoms with E-state index in [9.17, 15) is 4.79 Å². The molecule has 0 spiro atoms. The van der Waals surface area contributed by atoms with Gasteiger partial charge in [-0.2, -0.15) is 0 Å². The fourth-order valence-electron chi connectivity index (χ4n) is 1.80. The number of hydrogen-bond donors (Lipinski definition) is 2. The largest absolute Gasteiger partial charge is 0.326 e. The Morgan fingerprint density at radius 1 is 1.28 bits per heavy atom. The number of carbonyl (C=O) groups is 1. The molecule has 18 heavy (non-hydrogen) atoms. The van der Waals surface area contributed by atoms with Gasteiger partial charge in [0.25, 0.3) is 0 Å². The molecule has 0 saturated carbocycles. The highest BCUT2D eigenvalue weighted by Crippen LogP contribution is 2.19. The van der Waals surface area contributed by atoms with Crippen LogP contribution in [0.1, 0.15) is 51.1 Å². The first-order valence-electron chi connectivity index (χ1n) is 6.26. The van der Waals surface area contributed by atoms with Crippen LogP contribution in [-0.4, -0.2) is 5.91 Å². The molecule has 0 saturated heterocycles. The summed E-state index contributed by atoms with van der Waals surface area (Å²) in [5.41, 5.74) is 8.06. The van der Waals surface area contributed by atoms with Gasteiger partial charge in [-0.15, -0.1) is 12.4 Å². The first kappa shape index (κ1) is 16.9. The third-order valence-electron chi connectivity index (χ3n) is 2.78. The van der Waals surface area contributed by atoms with Crippen LogP contribution in [-0.2, 0) is 4.79 Å². The van der Waals surface area contributed by atoms with E-state index in [4.69, 9.17) is 5.73 Å². The predicted octanol–water partition coefficient (Wildman–Crippen LogP) is 3.65. The fourth-order valence-corrected chi connectivity index (χ4v) is 1.80. The Kier molecular flexibility index (Phi) is 8.42. The molecular formula is C14H23ClN2O. The summed E-state index contributed by atoms with van der Waals surface area (Å²) in [5.74, 6) is -0.0509. The lowest BCUT2D eigenvalue weighted by Gasteiger charge is -2.12. The van der Waals surface area contributed by atoms with Gasteiger partial charge in [-0.3, -0.25) is 4.79 Å². The number of carbonyl (C=O) groups excluding carboxylic acids is 1. The van der Waals surface area contributed by atoms with E-state index in [1.165, 1.54) is 26.2 Å². The van der Waals surface area contributed by atoms with Gasteiger partial charge >= 0.3 is 0 Å². The molecule has 1 atom stereocenters. The normalized spacial score (nSPS) is 11.5. The SMILES string of the molecule is CCCCC[C@H](N)c1ccc(NC(C)=O)cc1.Cl. The van der Waals surface area contributed by atoms with E-state index in [-0.39, 0.29) is 24.4 Å². The summed E-state index contributed by atoms with van der Waals surface area (Å²) >= 11 is 0. The molecular weight excluding hydrogens is 248 g/mol. The van der Waals surface area contributed by atoms with Crippen LogP contribution in [0.25, 0.3) is 0 Å². The number of benzene rings is 1. The van der Waals surface area contributed by atoms with Crippen molar-refractivity contribution in [1.29, 1.82) is 0 Å². The maximum Gasteiger partial charge on any atom is 0.221 e. The number of nitrogens with two attached hydrogens (primary N) is 1. The van der Waals surface area contributed by atoms with Gasteiger partial charge < -0.3 is 11.1 Å². The summed E-state index contributed by atoms with van der Waals surface area (Å²) in [6, 6.07) is 7.88. The van der Waals surface area contributed by atoms with Crippen LogP contribution in [0.15, 0.2) is 24.3 Å². The third-order valence-corrected chi connectivity index (χ3v) is 2.78. The maximum atomic E-state index is 10.9. The minimum atomic E-state index is -0.0509. The Morgan fingerprint density at radius 3 is 2.39 bits per heavy atom. The standard InChI is InChI=1S/C14H22N2O.ClH/c1-3-4-5-6-14(15)12-7-9-13(10-8-12)16-11(2)17;/h7-10,14H,3-6,15H2,1-2H3,(H,16,17);1H/t14-;/m0./s1. The van der Waals surface area contributed by atoms with E-state index in [0.29, 0.717) is 0 Å². The second-order valence-electron chi connectivity index (χ2n) is 4.41. The van der Waals surface area contributed by atoms with Crippen LogP contribution in [0.4, 0.5) is 5.69 Å². The predicted molar refractivity (Wildman–Crippen MR) is 79.1 cm³/mol. The molecule has 0 heterocycles. The summed E-state index contributed by atoms with van der Waals surface area (Å²) < 4.78 is 0. The molecule has 0 unspecified atom stereocenters. The molecule has 0 radical (unpaired) electrons. The Balaban J connectivity index is 0.00000289. The third kappa shape index (κ3) is 6.03. The van der Waals surface area contributed by atoms with Crippen molar-refractivity contribution in [1.82, 2.24) is 0 Å². The summed E-state index contributed by atoms with van der Waals surface area (Å²) in [6.45, 7) is 3.69. The van der Waals surface area contributed by atoms with Crippen molar-refractivity contribution in [3.63, 3.8) is 0 Å². The summed E-state index contributed by atoms with van der Waals surface area (Å²) in [6.07, 6.45) is 4.64. The van der Waals surface area contributed by atoms with Gasteiger partial charge in [0.15, 0.2) is 0 Å². The quantitative estimate of drug-likeness (QED) is 0.776. The Hall–Kier alpha value is -1.06. The van der Waals surface area contributed by atoms with Crippen LogP contribution < -0.4 is 11.1 Å². The maximum absolute atomic E-state index is 10.9. The zero-order valence-corrected chi connectivity index (χ0v) is 11.9. The second kappa shape index (κ2) is 8.95. The van der Waals surface area contributed by atoms with E-state index < -0.39 is 0 Å². The van der Waals surface area contributed by atoms with Crippen LogP contribution in [0.3, 0.4) is 0 Å². The number of rotatable bonds is 6. The number of nitrogens with one attached hydrogen (secondary N) is 1. The molecule has 4 heteroatoms. The first-order valence-corrected chi connectivity index (χ1v) is 6.26. The van der Waals surface area contributed by atoms with Crippen LogP contribution in [0.5, 0.6) is 0 Å². The van der Waals surface area contributed by atoms with Crippen molar-refractivity contribution in [3.05, 3.63) is 29.8 Å². The molecule has 1 rings (SSSR count). The van der Waals surface area contributed by atoms with Crippen molar-refractivity contribution in [2.45, 2.75) is 45.6 Å². The smallest absolute Gasteiger partial charge is 0.221 e. The average Bonchev–Trinajstić information content (AvgIpc) is 2.29. The lowest BCUT2D eigenvalue weighted by molar-refractivity contribution is -0.114. The zero-order chi connectivity index (χ0) is 12.7. The molecule has 0 aliphatic rings. The van der Waals surface area contributed by atoms with Crippen molar-refractivity contribution >= 4 is 24.0 Å². The topological polar surface area (TPSA) is 55.1 Å². The van der Waals surface area contributed by atoms with Gasteiger partial charge in [-0.25, -0.2) is 0 Å². The highest BCUT2D eigenvalue weighted by molar-refractivity contribution is 5.88. The summed E-state index contributed by atoms with van der Waals surface area (Å²) in [4.78, 5) is 10.9. The van der Waals surface area contributed by atoms with Crippen molar-refractivity contribution in [2.24, 2.45) is 5.73 Å². The fraction of sp³-hybridized carbons (Fsp3) is 0.500.